The van der Waals surface area contributed by atoms with Crippen LogP contribution in [0.15, 0.2) is 6.07 Å². The van der Waals surface area contributed by atoms with Crippen molar-refractivity contribution in [2.24, 2.45) is 0 Å². The van der Waals surface area contributed by atoms with E-state index in [-0.39, 0.29) is 0 Å². The van der Waals surface area contributed by atoms with E-state index in [1.165, 1.54) is 6.42 Å². The smallest absolute Gasteiger partial charge is 0.183 e. The minimum absolute atomic E-state index is 0.414. The summed E-state index contributed by atoms with van der Waals surface area (Å²) in [7, 11) is 1.65. The van der Waals surface area contributed by atoms with Crippen LogP contribution in [0, 0.1) is 0 Å². The summed E-state index contributed by atoms with van der Waals surface area (Å²) in [5.41, 5.74) is 1.11. The van der Waals surface area contributed by atoms with Crippen LogP contribution in [0.3, 0.4) is 0 Å². The molecule has 1 N–H and O–H groups in total. The summed E-state index contributed by atoms with van der Waals surface area (Å²) in [5, 5.41) is 3.94. The maximum absolute atomic E-state index is 6.40. The number of methoxy groups -OCH3 is 1. The standard InChI is InChI=1S/C14H18ClNO3/c1-17-13-10(9-3-2-4-16-8-9)7-11-14(12(13)15)19-6-5-18-11/h7,9,16H,2-6,8H2,1H3. The van der Waals surface area contributed by atoms with Gasteiger partial charge in [0.25, 0.3) is 0 Å². The number of hydrogen-bond donors (Lipinski definition) is 1. The minimum atomic E-state index is 0.414. The van der Waals surface area contributed by atoms with Crippen LogP contribution in [0.2, 0.25) is 5.02 Å². The topological polar surface area (TPSA) is 39.7 Å². The van der Waals surface area contributed by atoms with E-state index in [0.29, 0.717) is 29.9 Å². The molecular weight excluding hydrogens is 266 g/mol. The van der Waals surface area contributed by atoms with Gasteiger partial charge in [0.05, 0.1) is 7.11 Å². The van der Waals surface area contributed by atoms with Crippen LogP contribution < -0.4 is 19.5 Å². The Balaban J connectivity index is 2.04. The number of hydrogen-bond acceptors (Lipinski definition) is 4. The lowest BCUT2D eigenvalue weighted by Gasteiger charge is -2.28. The van der Waals surface area contributed by atoms with Crippen molar-refractivity contribution in [1.29, 1.82) is 0 Å². The van der Waals surface area contributed by atoms with E-state index >= 15 is 0 Å². The van der Waals surface area contributed by atoms with E-state index in [4.69, 9.17) is 25.8 Å². The van der Waals surface area contributed by atoms with Crippen molar-refractivity contribution >= 4 is 11.6 Å². The number of ether oxygens (including phenoxy) is 3. The monoisotopic (exact) mass is 283 g/mol. The zero-order valence-corrected chi connectivity index (χ0v) is 11.8. The van der Waals surface area contributed by atoms with Crippen LogP contribution in [-0.2, 0) is 0 Å². The second kappa shape index (κ2) is 5.47. The molecule has 1 saturated heterocycles. The second-order valence-electron chi connectivity index (χ2n) is 4.88. The van der Waals surface area contributed by atoms with E-state index in [2.05, 4.69) is 5.32 Å². The molecule has 1 atom stereocenters. The Labute approximate surface area is 118 Å². The lowest BCUT2D eigenvalue weighted by molar-refractivity contribution is 0.170. The van der Waals surface area contributed by atoms with E-state index in [1.807, 2.05) is 6.07 Å². The Morgan fingerprint density at radius 2 is 2.21 bits per heavy atom. The van der Waals surface area contributed by atoms with Crippen LogP contribution in [0.25, 0.3) is 0 Å². The fraction of sp³-hybridized carbons (Fsp3) is 0.571. The Hall–Kier alpha value is -1.13. The molecule has 104 valence electrons. The molecule has 2 heterocycles. The zero-order chi connectivity index (χ0) is 13.2. The molecule has 5 heteroatoms. The molecule has 0 aromatic heterocycles. The molecule has 0 bridgehead atoms. The van der Waals surface area contributed by atoms with Gasteiger partial charge < -0.3 is 19.5 Å². The first kappa shape index (κ1) is 12.9. The summed E-state index contributed by atoms with van der Waals surface area (Å²) < 4.78 is 16.7. The van der Waals surface area contributed by atoms with Gasteiger partial charge in [-0.3, -0.25) is 0 Å². The first-order chi connectivity index (χ1) is 9.31. The van der Waals surface area contributed by atoms with Gasteiger partial charge in [0, 0.05) is 18.0 Å². The average molecular weight is 284 g/mol. The van der Waals surface area contributed by atoms with Crippen LogP contribution in [0.1, 0.15) is 24.3 Å². The van der Waals surface area contributed by atoms with Crippen LogP contribution in [0.5, 0.6) is 17.2 Å². The Morgan fingerprint density at radius 1 is 1.37 bits per heavy atom. The van der Waals surface area contributed by atoms with Gasteiger partial charge in [-0.25, -0.2) is 0 Å². The summed E-state index contributed by atoms with van der Waals surface area (Å²) >= 11 is 6.40. The highest BCUT2D eigenvalue weighted by molar-refractivity contribution is 6.34. The molecule has 0 aliphatic carbocycles. The number of rotatable bonds is 2. The lowest BCUT2D eigenvalue weighted by atomic mass is 9.90. The number of halogens is 1. The summed E-state index contributed by atoms with van der Waals surface area (Å²) in [6.07, 6.45) is 2.30. The summed E-state index contributed by atoms with van der Waals surface area (Å²) in [5.74, 6) is 2.48. The fourth-order valence-electron chi connectivity index (χ4n) is 2.78. The molecule has 2 aliphatic heterocycles. The minimum Gasteiger partial charge on any atom is -0.495 e. The molecule has 0 spiro atoms. The van der Waals surface area contributed by atoms with Crippen molar-refractivity contribution in [1.82, 2.24) is 5.32 Å². The molecule has 19 heavy (non-hydrogen) atoms. The van der Waals surface area contributed by atoms with Crippen molar-refractivity contribution in [2.45, 2.75) is 18.8 Å². The molecule has 0 radical (unpaired) electrons. The first-order valence-corrected chi connectivity index (χ1v) is 7.05. The average Bonchev–Trinajstić information content (AvgIpc) is 2.48. The summed E-state index contributed by atoms with van der Waals surface area (Å²) in [4.78, 5) is 0. The Bertz CT molecular complexity index is 472. The lowest BCUT2D eigenvalue weighted by Crippen LogP contribution is -2.28. The molecule has 2 aliphatic rings. The SMILES string of the molecule is COc1c(C2CCCNC2)cc2c(c1Cl)OCCO2. The Kier molecular flexibility index (Phi) is 3.71. The predicted octanol–water partition coefficient (Wildman–Crippen LogP) is 2.59. The largest absolute Gasteiger partial charge is 0.495 e. The fourth-order valence-corrected chi connectivity index (χ4v) is 3.11. The van der Waals surface area contributed by atoms with E-state index in [9.17, 15) is 0 Å². The highest BCUT2D eigenvalue weighted by atomic mass is 35.5. The number of nitrogens with one attached hydrogen (secondary N) is 1. The van der Waals surface area contributed by atoms with Gasteiger partial charge in [-0.05, 0) is 25.5 Å². The molecule has 3 rings (SSSR count). The summed E-state index contributed by atoms with van der Waals surface area (Å²) in [6.45, 7) is 3.13. The van der Waals surface area contributed by atoms with E-state index in [1.54, 1.807) is 7.11 Å². The molecule has 1 aromatic carbocycles. The molecule has 1 unspecified atom stereocenters. The van der Waals surface area contributed by atoms with Crippen molar-refractivity contribution in [2.75, 3.05) is 33.4 Å². The van der Waals surface area contributed by atoms with Crippen molar-refractivity contribution in [3.8, 4) is 17.2 Å². The molecule has 0 saturated carbocycles. The third kappa shape index (κ3) is 2.35. The number of piperidine rings is 1. The van der Waals surface area contributed by atoms with Gasteiger partial charge in [0.1, 0.15) is 24.0 Å². The van der Waals surface area contributed by atoms with E-state index < -0.39 is 0 Å². The maximum Gasteiger partial charge on any atom is 0.183 e. The van der Waals surface area contributed by atoms with Gasteiger partial charge in [-0.2, -0.15) is 0 Å². The summed E-state index contributed by atoms with van der Waals surface area (Å²) in [6, 6.07) is 2.02. The number of fused-ring (bicyclic) bond motifs is 1. The molecule has 0 amide bonds. The highest BCUT2D eigenvalue weighted by Crippen LogP contribution is 2.48. The van der Waals surface area contributed by atoms with Crippen LogP contribution in [0.4, 0.5) is 0 Å². The molecule has 4 nitrogen and oxygen atoms in total. The van der Waals surface area contributed by atoms with Gasteiger partial charge >= 0.3 is 0 Å². The van der Waals surface area contributed by atoms with Crippen molar-refractivity contribution < 1.29 is 14.2 Å². The molecular formula is C14H18ClNO3. The predicted molar refractivity (Wildman–Crippen MR) is 73.8 cm³/mol. The van der Waals surface area contributed by atoms with Gasteiger partial charge in [-0.15, -0.1) is 0 Å². The number of benzene rings is 1. The quantitative estimate of drug-likeness (QED) is 0.906. The van der Waals surface area contributed by atoms with Crippen molar-refractivity contribution in [3.05, 3.63) is 16.7 Å². The van der Waals surface area contributed by atoms with Crippen LogP contribution in [-0.4, -0.2) is 33.4 Å². The second-order valence-corrected chi connectivity index (χ2v) is 5.26. The first-order valence-electron chi connectivity index (χ1n) is 6.68. The third-order valence-corrected chi connectivity index (χ3v) is 4.04. The van der Waals surface area contributed by atoms with Crippen molar-refractivity contribution in [3.63, 3.8) is 0 Å². The Morgan fingerprint density at radius 3 is 2.95 bits per heavy atom. The van der Waals surface area contributed by atoms with E-state index in [0.717, 1.165) is 36.6 Å². The van der Waals surface area contributed by atoms with Gasteiger partial charge in [0.15, 0.2) is 11.5 Å². The maximum atomic E-state index is 6.40. The zero-order valence-electron chi connectivity index (χ0n) is 11.0. The molecule has 1 aromatic rings. The molecule has 1 fully saturated rings. The highest BCUT2D eigenvalue weighted by Gasteiger charge is 2.27. The van der Waals surface area contributed by atoms with Gasteiger partial charge in [0.2, 0.25) is 0 Å². The van der Waals surface area contributed by atoms with Crippen LogP contribution >= 0.6 is 11.6 Å². The third-order valence-electron chi connectivity index (χ3n) is 3.70. The normalized spacial score (nSPS) is 22.1. The van der Waals surface area contributed by atoms with Gasteiger partial charge in [-0.1, -0.05) is 11.6 Å².